The van der Waals surface area contributed by atoms with Crippen molar-refractivity contribution in [2.24, 2.45) is 5.73 Å². The van der Waals surface area contributed by atoms with Gasteiger partial charge in [0.2, 0.25) is 0 Å². The average molecular weight is 290 g/mol. The quantitative estimate of drug-likeness (QED) is 0.536. The van der Waals surface area contributed by atoms with Gasteiger partial charge >= 0.3 is 0 Å². The van der Waals surface area contributed by atoms with Gasteiger partial charge in [-0.1, -0.05) is 60.7 Å². The number of aliphatic hydroxyl groups excluding tert-OH is 2. The fourth-order valence-corrected chi connectivity index (χ4v) is 1.71. The van der Waals surface area contributed by atoms with Crippen molar-refractivity contribution < 1.29 is 15.4 Å². The normalized spacial score (nSPS) is 13.0. The molecule has 5 nitrogen and oxygen atoms in total. The van der Waals surface area contributed by atoms with Gasteiger partial charge in [0, 0.05) is 0 Å². The van der Waals surface area contributed by atoms with E-state index in [1.807, 2.05) is 66.1 Å². The lowest BCUT2D eigenvalue weighted by molar-refractivity contribution is 0.0906. The first-order valence-electron chi connectivity index (χ1n) is 6.69. The van der Waals surface area contributed by atoms with E-state index in [2.05, 4.69) is 0 Å². The van der Waals surface area contributed by atoms with Gasteiger partial charge in [-0.25, -0.2) is 0 Å². The minimum atomic E-state index is -0.379. The van der Waals surface area contributed by atoms with Crippen LogP contribution in [-0.4, -0.2) is 28.6 Å². The molecule has 0 bridgehead atoms. The number of nitrogens with two attached hydrogens (primary N) is 1. The minimum Gasteiger partial charge on any atom is -0.394 e. The Labute approximate surface area is 124 Å². The average Bonchev–Trinajstić information content (AvgIpc) is 2.57. The largest absolute Gasteiger partial charge is 0.394 e. The highest BCUT2D eigenvalue weighted by molar-refractivity contribution is 5.18. The Morgan fingerprint density at radius 3 is 1.67 bits per heavy atom. The fourth-order valence-electron chi connectivity index (χ4n) is 1.71. The summed E-state index contributed by atoms with van der Waals surface area (Å²) < 4.78 is 0. The number of hydrogen-bond acceptors (Lipinski definition) is 5. The third kappa shape index (κ3) is 6.03. The molecule has 0 aliphatic rings. The molecule has 0 heterocycles. The molecule has 2 rings (SSSR count). The van der Waals surface area contributed by atoms with Crippen molar-refractivity contribution in [1.29, 1.82) is 0 Å². The highest BCUT2D eigenvalue weighted by Gasteiger charge is 2.06. The monoisotopic (exact) mass is 290 g/mol. The molecule has 0 radical (unpaired) electrons. The highest BCUT2D eigenvalue weighted by atomic mass is 16.5. The molecule has 0 aliphatic carbocycles. The van der Waals surface area contributed by atoms with Crippen molar-refractivity contribution >= 4 is 0 Å². The first kappa shape index (κ1) is 17.3. The van der Waals surface area contributed by atoms with Crippen LogP contribution in [0.3, 0.4) is 0 Å². The van der Waals surface area contributed by atoms with E-state index in [4.69, 9.17) is 21.2 Å². The van der Waals surface area contributed by atoms with Gasteiger partial charge in [-0.15, -0.1) is 0 Å². The molecule has 0 spiro atoms. The minimum absolute atomic E-state index is 0.00398. The second kappa shape index (κ2) is 10.0. The van der Waals surface area contributed by atoms with Crippen LogP contribution in [0.2, 0.25) is 0 Å². The van der Waals surface area contributed by atoms with Crippen molar-refractivity contribution in [3.63, 3.8) is 0 Å². The Morgan fingerprint density at radius 1 is 0.810 bits per heavy atom. The van der Waals surface area contributed by atoms with E-state index in [-0.39, 0.29) is 25.3 Å². The van der Waals surface area contributed by atoms with E-state index in [9.17, 15) is 0 Å². The molecule has 0 fully saturated rings. The molecule has 0 aromatic heterocycles. The summed E-state index contributed by atoms with van der Waals surface area (Å²) in [5, 5.41) is 26.0. The topological polar surface area (TPSA) is 98.7 Å². The molecule has 6 N–H and O–H groups in total. The summed E-state index contributed by atoms with van der Waals surface area (Å²) in [6.07, 6.45) is 0. The fraction of sp³-hybridized carbons (Fsp3) is 0.250. The molecule has 21 heavy (non-hydrogen) atoms. The Morgan fingerprint density at radius 2 is 1.29 bits per heavy atom. The molecule has 0 unspecified atom stereocenters. The van der Waals surface area contributed by atoms with Crippen LogP contribution in [0.25, 0.3) is 0 Å². The second-order valence-electron chi connectivity index (χ2n) is 4.47. The Hall–Kier alpha value is -1.76. The van der Waals surface area contributed by atoms with Crippen LogP contribution in [0.5, 0.6) is 0 Å². The van der Waals surface area contributed by atoms with Gasteiger partial charge < -0.3 is 21.2 Å². The zero-order valence-corrected chi connectivity index (χ0v) is 11.8. The standard InChI is InChI=1S/C8H11NO2.C8H11NO/c10-6-8(9-11)7-4-2-1-3-5-7;9-8(6-10)7-4-2-1-3-5-7/h1-5,8-11H,6H2;1-5,8,10H,6,9H2/t2*8-/m11/s1. The van der Waals surface area contributed by atoms with Gasteiger partial charge in [-0.3, -0.25) is 0 Å². The first-order chi connectivity index (χ1) is 10.2. The molecule has 2 atom stereocenters. The molecule has 114 valence electrons. The molecular weight excluding hydrogens is 268 g/mol. The van der Waals surface area contributed by atoms with E-state index in [1.54, 1.807) is 0 Å². The van der Waals surface area contributed by atoms with Gasteiger partial charge in [-0.2, -0.15) is 5.48 Å². The predicted molar refractivity (Wildman–Crippen MR) is 81.6 cm³/mol. The molecule has 5 heteroatoms. The second-order valence-corrected chi connectivity index (χ2v) is 4.47. The van der Waals surface area contributed by atoms with Gasteiger partial charge in [-0.05, 0) is 11.1 Å². The predicted octanol–water partition coefficient (Wildman–Crippen LogP) is 1.38. The Kier molecular flexibility index (Phi) is 8.27. The van der Waals surface area contributed by atoms with Crippen LogP contribution in [0, 0.1) is 0 Å². The summed E-state index contributed by atoms with van der Waals surface area (Å²) in [6, 6.07) is 18.2. The number of aliphatic hydroxyl groups is 2. The van der Waals surface area contributed by atoms with Crippen molar-refractivity contribution in [2.75, 3.05) is 13.2 Å². The summed E-state index contributed by atoms with van der Waals surface area (Å²) in [4.78, 5) is 0. The Balaban J connectivity index is 0.000000211. The lowest BCUT2D eigenvalue weighted by Crippen LogP contribution is -2.20. The van der Waals surface area contributed by atoms with Crippen LogP contribution in [0.15, 0.2) is 60.7 Å². The van der Waals surface area contributed by atoms with E-state index >= 15 is 0 Å². The third-order valence-electron chi connectivity index (χ3n) is 2.96. The molecular formula is C16H22N2O3. The van der Waals surface area contributed by atoms with Gasteiger partial charge in [0.1, 0.15) is 0 Å². The first-order valence-corrected chi connectivity index (χ1v) is 6.69. The summed E-state index contributed by atoms with van der Waals surface area (Å²) >= 11 is 0. The number of hydrogen-bond donors (Lipinski definition) is 5. The van der Waals surface area contributed by atoms with E-state index < -0.39 is 0 Å². The third-order valence-corrected chi connectivity index (χ3v) is 2.96. The van der Waals surface area contributed by atoms with Crippen LogP contribution < -0.4 is 11.2 Å². The van der Waals surface area contributed by atoms with Crippen LogP contribution in [-0.2, 0) is 0 Å². The molecule has 0 saturated heterocycles. The van der Waals surface area contributed by atoms with Crippen molar-refractivity contribution in [3.05, 3.63) is 71.8 Å². The maximum atomic E-state index is 8.76. The maximum Gasteiger partial charge on any atom is 0.0800 e. The number of rotatable bonds is 5. The van der Waals surface area contributed by atoms with E-state index in [0.717, 1.165) is 11.1 Å². The van der Waals surface area contributed by atoms with Crippen LogP contribution in [0.1, 0.15) is 23.2 Å². The summed E-state index contributed by atoms with van der Waals surface area (Å²) in [5.41, 5.74) is 9.41. The van der Waals surface area contributed by atoms with E-state index in [1.165, 1.54) is 0 Å². The zero-order chi connectivity index (χ0) is 15.5. The molecule has 0 aliphatic heterocycles. The van der Waals surface area contributed by atoms with E-state index in [0.29, 0.717) is 0 Å². The lowest BCUT2D eigenvalue weighted by atomic mass is 10.1. The zero-order valence-electron chi connectivity index (χ0n) is 11.8. The Bertz CT molecular complexity index is 475. The number of nitrogens with one attached hydrogen (secondary N) is 1. The lowest BCUT2D eigenvalue weighted by Gasteiger charge is -2.10. The maximum absolute atomic E-state index is 8.76. The molecule has 0 amide bonds. The smallest absolute Gasteiger partial charge is 0.0800 e. The van der Waals surface area contributed by atoms with Crippen LogP contribution >= 0.6 is 0 Å². The number of benzene rings is 2. The summed E-state index contributed by atoms with van der Waals surface area (Å²) in [6.45, 7) is -0.107. The van der Waals surface area contributed by atoms with Crippen molar-refractivity contribution in [2.45, 2.75) is 12.1 Å². The van der Waals surface area contributed by atoms with Crippen molar-refractivity contribution in [1.82, 2.24) is 5.48 Å². The highest BCUT2D eigenvalue weighted by Crippen LogP contribution is 2.09. The molecule has 0 saturated carbocycles. The summed E-state index contributed by atoms with van der Waals surface area (Å²) in [7, 11) is 0. The van der Waals surface area contributed by atoms with Crippen molar-refractivity contribution in [3.8, 4) is 0 Å². The van der Waals surface area contributed by atoms with Gasteiger partial charge in [0.15, 0.2) is 0 Å². The van der Waals surface area contributed by atoms with Crippen LogP contribution in [0.4, 0.5) is 0 Å². The number of hydroxylamine groups is 1. The van der Waals surface area contributed by atoms with Gasteiger partial charge in [0.25, 0.3) is 0 Å². The van der Waals surface area contributed by atoms with Gasteiger partial charge in [0.05, 0.1) is 25.3 Å². The SMILES string of the molecule is N[C@H](CO)c1ccccc1.OC[C@@H](NO)c1ccccc1. The molecule has 2 aromatic carbocycles. The molecule has 2 aromatic rings. The summed E-state index contributed by atoms with van der Waals surface area (Å²) in [5.74, 6) is 0.